The summed E-state index contributed by atoms with van der Waals surface area (Å²) in [4.78, 5) is 23.2. The van der Waals surface area contributed by atoms with Crippen molar-refractivity contribution in [2.45, 2.75) is 43.4 Å². The number of aliphatic carboxylic acids is 1. The number of carbonyl (C=O) groups excluding carboxylic acids is 1. The van der Waals surface area contributed by atoms with Crippen molar-refractivity contribution in [3.8, 4) is 0 Å². The fraction of sp³-hybridized carbons (Fsp3) is 0.647. The van der Waals surface area contributed by atoms with Gasteiger partial charge in [-0.15, -0.1) is 6.58 Å². The van der Waals surface area contributed by atoms with Crippen LogP contribution in [0.3, 0.4) is 0 Å². The molecule has 1 fully saturated rings. The third-order valence-corrected chi connectivity index (χ3v) is 4.71. The van der Waals surface area contributed by atoms with E-state index in [9.17, 15) is 35.1 Å². The number of carboxylic acids is 1. The second-order valence-corrected chi connectivity index (χ2v) is 6.42. The molecule has 2 heterocycles. The van der Waals surface area contributed by atoms with Gasteiger partial charge in [-0.2, -0.15) is 0 Å². The Labute approximate surface area is 160 Å². The smallest absolute Gasteiger partial charge is 0.337 e. The van der Waals surface area contributed by atoms with Crippen LogP contribution in [0.15, 0.2) is 24.5 Å². The van der Waals surface area contributed by atoms with Crippen LogP contribution in [-0.2, 0) is 28.5 Å². The molecule has 6 unspecified atom stereocenters. The molecule has 0 aromatic heterocycles. The number of aliphatic hydroxyl groups excluding tert-OH is 4. The lowest BCUT2D eigenvalue weighted by Gasteiger charge is -2.42. The van der Waals surface area contributed by atoms with Crippen LogP contribution in [0.4, 0.5) is 0 Å². The zero-order valence-electron chi connectivity index (χ0n) is 15.1. The molecule has 158 valence electrons. The van der Waals surface area contributed by atoms with Crippen LogP contribution < -0.4 is 0 Å². The first-order valence-corrected chi connectivity index (χ1v) is 8.49. The minimum Gasteiger partial charge on any atom is -0.481 e. The molecule has 11 heteroatoms. The molecule has 2 aliphatic heterocycles. The minimum atomic E-state index is -1.67. The van der Waals surface area contributed by atoms with Crippen molar-refractivity contribution >= 4 is 11.9 Å². The Kier molecular flexibility index (Phi) is 7.52. The monoisotopic (exact) mass is 404 g/mol. The molecule has 2 rings (SSSR count). The molecule has 0 aromatic rings. The first-order chi connectivity index (χ1) is 13.2. The third-order valence-electron chi connectivity index (χ3n) is 4.71. The van der Waals surface area contributed by atoms with E-state index in [4.69, 9.17) is 14.2 Å². The highest BCUT2D eigenvalue weighted by Crippen LogP contribution is 2.36. The highest BCUT2D eigenvalue weighted by atomic mass is 16.8. The summed E-state index contributed by atoms with van der Waals surface area (Å²) in [5.74, 6) is -3.70. The van der Waals surface area contributed by atoms with Gasteiger partial charge in [0.1, 0.15) is 24.4 Å². The van der Waals surface area contributed by atoms with Gasteiger partial charge in [0.2, 0.25) is 6.29 Å². The molecule has 0 aliphatic carbocycles. The molecule has 28 heavy (non-hydrogen) atoms. The molecule has 0 aromatic carbocycles. The fourth-order valence-electron chi connectivity index (χ4n) is 3.18. The first-order valence-electron chi connectivity index (χ1n) is 8.49. The Balaban J connectivity index is 2.24. The molecule has 0 saturated carbocycles. The number of hydrogen-bond donors (Lipinski definition) is 5. The van der Waals surface area contributed by atoms with Gasteiger partial charge in [-0.05, 0) is 0 Å². The summed E-state index contributed by atoms with van der Waals surface area (Å²) in [6.07, 6.45) is -6.91. The lowest BCUT2D eigenvalue weighted by molar-refractivity contribution is -0.339. The molecule has 2 aliphatic rings. The average molecular weight is 404 g/mol. The van der Waals surface area contributed by atoms with Crippen molar-refractivity contribution in [1.82, 2.24) is 0 Å². The van der Waals surface area contributed by atoms with E-state index in [2.05, 4.69) is 11.3 Å². The number of rotatable bonds is 7. The maximum atomic E-state index is 11.9. The van der Waals surface area contributed by atoms with Gasteiger partial charge in [-0.25, -0.2) is 4.79 Å². The predicted molar refractivity (Wildman–Crippen MR) is 89.3 cm³/mol. The summed E-state index contributed by atoms with van der Waals surface area (Å²) in [6, 6.07) is 0. The molecule has 11 nitrogen and oxygen atoms in total. The van der Waals surface area contributed by atoms with Crippen molar-refractivity contribution < 1.29 is 54.1 Å². The largest absolute Gasteiger partial charge is 0.481 e. The number of aliphatic hydroxyl groups is 4. The average Bonchev–Trinajstić information content (AvgIpc) is 2.67. The number of ether oxygens (including phenoxy) is 4. The van der Waals surface area contributed by atoms with Crippen LogP contribution in [0.25, 0.3) is 0 Å². The van der Waals surface area contributed by atoms with Gasteiger partial charge in [-0.1, -0.05) is 6.08 Å². The zero-order chi connectivity index (χ0) is 21.0. The van der Waals surface area contributed by atoms with Crippen LogP contribution >= 0.6 is 0 Å². The van der Waals surface area contributed by atoms with Crippen molar-refractivity contribution in [1.29, 1.82) is 0 Å². The van der Waals surface area contributed by atoms with Gasteiger partial charge in [0, 0.05) is 11.8 Å². The van der Waals surface area contributed by atoms with E-state index in [1.807, 2.05) is 0 Å². The molecule has 1 saturated heterocycles. The van der Waals surface area contributed by atoms with E-state index in [0.717, 1.165) is 13.4 Å². The Morgan fingerprint density at radius 2 is 1.89 bits per heavy atom. The fourth-order valence-corrected chi connectivity index (χ4v) is 3.18. The van der Waals surface area contributed by atoms with Crippen molar-refractivity contribution in [3.05, 3.63) is 24.5 Å². The van der Waals surface area contributed by atoms with Crippen molar-refractivity contribution in [2.75, 3.05) is 13.7 Å². The summed E-state index contributed by atoms with van der Waals surface area (Å²) in [5, 5.41) is 48.2. The Bertz CT molecular complexity index is 616. The SMILES string of the molecule is C=C[C@H]1C(OC2OC(CO)C(O)C(O)C2O)OC=C(C(=O)OC)[C@H]1CC(=O)O. The highest BCUT2D eigenvalue weighted by Gasteiger charge is 2.47. The summed E-state index contributed by atoms with van der Waals surface area (Å²) >= 11 is 0. The Hall–Kier alpha value is -2.02. The Morgan fingerprint density at radius 1 is 1.21 bits per heavy atom. The predicted octanol–water partition coefficient (Wildman–Crippen LogP) is -1.89. The molecule has 0 radical (unpaired) electrons. The van der Waals surface area contributed by atoms with Gasteiger partial charge in [0.15, 0.2) is 6.29 Å². The van der Waals surface area contributed by atoms with Crippen LogP contribution in [0.1, 0.15) is 6.42 Å². The summed E-state index contributed by atoms with van der Waals surface area (Å²) in [7, 11) is 1.14. The normalized spacial score (nSPS) is 38.1. The van der Waals surface area contributed by atoms with E-state index in [0.29, 0.717) is 0 Å². The minimum absolute atomic E-state index is 0.0246. The number of esters is 1. The Morgan fingerprint density at radius 3 is 2.43 bits per heavy atom. The topological polar surface area (TPSA) is 172 Å². The van der Waals surface area contributed by atoms with Gasteiger partial charge >= 0.3 is 11.9 Å². The molecule has 0 amide bonds. The third kappa shape index (κ3) is 4.51. The second-order valence-electron chi connectivity index (χ2n) is 6.42. The maximum absolute atomic E-state index is 11.9. The van der Waals surface area contributed by atoms with Crippen LogP contribution in [0, 0.1) is 11.8 Å². The maximum Gasteiger partial charge on any atom is 0.337 e. The lowest BCUT2D eigenvalue weighted by Crippen LogP contribution is -2.60. The number of carboxylic acid groups (broad SMARTS) is 1. The van der Waals surface area contributed by atoms with Gasteiger partial charge in [0.25, 0.3) is 0 Å². The quantitative estimate of drug-likeness (QED) is 0.237. The molecular weight excluding hydrogens is 380 g/mol. The van der Waals surface area contributed by atoms with Crippen molar-refractivity contribution in [3.63, 3.8) is 0 Å². The molecule has 0 bridgehead atoms. The number of carbonyl (C=O) groups is 2. The van der Waals surface area contributed by atoms with E-state index in [1.165, 1.54) is 6.08 Å². The summed E-state index contributed by atoms with van der Waals surface area (Å²) in [6.45, 7) is 2.97. The molecule has 8 atom stereocenters. The van der Waals surface area contributed by atoms with E-state index in [-0.39, 0.29) is 5.57 Å². The molecule has 5 N–H and O–H groups in total. The van der Waals surface area contributed by atoms with E-state index < -0.39 is 73.8 Å². The van der Waals surface area contributed by atoms with Crippen LogP contribution in [-0.4, -0.2) is 88.2 Å². The highest BCUT2D eigenvalue weighted by molar-refractivity contribution is 5.89. The molecule has 0 spiro atoms. The van der Waals surface area contributed by atoms with E-state index in [1.54, 1.807) is 0 Å². The number of methoxy groups -OCH3 is 1. The number of hydrogen-bond acceptors (Lipinski definition) is 10. The molecular formula is C17H24O11. The summed E-state index contributed by atoms with van der Waals surface area (Å²) < 4.78 is 20.8. The van der Waals surface area contributed by atoms with Crippen LogP contribution in [0.5, 0.6) is 0 Å². The zero-order valence-corrected chi connectivity index (χ0v) is 15.1. The van der Waals surface area contributed by atoms with Gasteiger partial charge in [-0.3, -0.25) is 4.79 Å². The van der Waals surface area contributed by atoms with Crippen molar-refractivity contribution in [2.24, 2.45) is 11.8 Å². The van der Waals surface area contributed by atoms with E-state index >= 15 is 0 Å². The second kappa shape index (κ2) is 9.45. The first kappa shape index (κ1) is 22.3. The summed E-state index contributed by atoms with van der Waals surface area (Å²) in [5.41, 5.74) is -0.0246. The van der Waals surface area contributed by atoms with Crippen LogP contribution in [0.2, 0.25) is 0 Å². The standard InChI is InChI=1S/C17H24O11/c1-3-7-8(4-11(19)20)9(15(24)25-2)6-26-16(7)28-17-14(23)13(22)12(21)10(5-18)27-17/h3,6-8,10,12-14,16-18,21-23H,1,4-5H2,2H3,(H,19,20)/t7-,8+,10?,12?,13?,14?,16?,17?/m1/s1. The lowest BCUT2D eigenvalue weighted by atomic mass is 9.81. The van der Waals surface area contributed by atoms with Gasteiger partial charge in [0.05, 0.1) is 32.0 Å². The van der Waals surface area contributed by atoms with Gasteiger partial charge < -0.3 is 44.5 Å².